The SMILES string of the molecule is O=C(Nc1ncc2c(n1)CCN(C(=O)c1ccc(Cl)c(Cl)c1)C2)c1ccccc1F. The Morgan fingerprint density at radius 3 is 2.67 bits per heavy atom. The Morgan fingerprint density at radius 2 is 1.90 bits per heavy atom. The van der Waals surface area contributed by atoms with Gasteiger partial charge in [-0.3, -0.25) is 14.9 Å². The molecule has 152 valence electrons. The highest BCUT2D eigenvalue weighted by atomic mass is 35.5. The normalized spacial score (nSPS) is 13.0. The van der Waals surface area contributed by atoms with Crippen LogP contribution in [0.4, 0.5) is 10.3 Å². The molecular weight excluding hydrogens is 430 g/mol. The number of nitrogens with zero attached hydrogens (tertiary/aromatic N) is 3. The van der Waals surface area contributed by atoms with Crippen LogP contribution in [0.25, 0.3) is 0 Å². The molecule has 0 fully saturated rings. The fourth-order valence-corrected chi connectivity index (χ4v) is 3.47. The number of anilines is 1. The van der Waals surface area contributed by atoms with Gasteiger partial charge < -0.3 is 4.90 Å². The number of carbonyl (C=O) groups excluding carboxylic acids is 2. The van der Waals surface area contributed by atoms with Gasteiger partial charge in [0.15, 0.2) is 0 Å². The van der Waals surface area contributed by atoms with Gasteiger partial charge in [0, 0.05) is 36.8 Å². The molecule has 9 heteroatoms. The van der Waals surface area contributed by atoms with Gasteiger partial charge in [0.1, 0.15) is 5.82 Å². The Bertz CT molecular complexity index is 1160. The van der Waals surface area contributed by atoms with Gasteiger partial charge in [-0.1, -0.05) is 35.3 Å². The third kappa shape index (κ3) is 4.13. The van der Waals surface area contributed by atoms with Crippen LogP contribution in [0, 0.1) is 5.82 Å². The van der Waals surface area contributed by atoms with E-state index in [0.717, 1.165) is 11.3 Å². The van der Waals surface area contributed by atoms with E-state index in [0.29, 0.717) is 35.1 Å². The molecule has 0 unspecified atom stereocenters. The maximum Gasteiger partial charge on any atom is 0.260 e. The van der Waals surface area contributed by atoms with Crippen LogP contribution in [0.5, 0.6) is 0 Å². The zero-order valence-corrected chi connectivity index (χ0v) is 17.0. The van der Waals surface area contributed by atoms with Crippen LogP contribution in [0.2, 0.25) is 10.0 Å². The first-order valence-electron chi connectivity index (χ1n) is 9.07. The molecule has 2 heterocycles. The fraction of sp³-hybridized carbons (Fsp3) is 0.143. The van der Waals surface area contributed by atoms with E-state index in [2.05, 4.69) is 15.3 Å². The zero-order chi connectivity index (χ0) is 21.3. The molecular formula is C21H15Cl2FN4O2. The van der Waals surface area contributed by atoms with Crippen molar-refractivity contribution in [3.8, 4) is 0 Å². The molecule has 0 atom stereocenters. The summed E-state index contributed by atoms with van der Waals surface area (Å²) in [5.74, 6) is -1.33. The van der Waals surface area contributed by atoms with Crippen LogP contribution in [0.15, 0.2) is 48.7 Å². The third-order valence-electron chi connectivity index (χ3n) is 4.73. The molecule has 0 spiro atoms. The van der Waals surface area contributed by atoms with Crippen molar-refractivity contribution in [2.45, 2.75) is 13.0 Å². The Hall–Kier alpha value is -3.03. The number of amides is 2. The highest BCUT2D eigenvalue weighted by molar-refractivity contribution is 6.42. The van der Waals surface area contributed by atoms with Crippen LogP contribution in [-0.4, -0.2) is 33.2 Å². The summed E-state index contributed by atoms with van der Waals surface area (Å²) in [6, 6.07) is 10.4. The average molecular weight is 445 g/mol. The second-order valence-corrected chi connectivity index (χ2v) is 7.52. The molecule has 3 aromatic rings. The van der Waals surface area contributed by atoms with Crippen LogP contribution in [0.3, 0.4) is 0 Å². The minimum atomic E-state index is -0.625. The maximum atomic E-state index is 13.8. The maximum absolute atomic E-state index is 13.8. The summed E-state index contributed by atoms with van der Waals surface area (Å²) >= 11 is 11.9. The van der Waals surface area contributed by atoms with Gasteiger partial charge in [0.05, 0.1) is 21.3 Å². The molecule has 0 bridgehead atoms. The summed E-state index contributed by atoms with van der Waals surface area (Å²) in [4.78, 5) is 35.2. The minimum Gasteiger partial charge on any atom is -0.334 e. The first-order chi connectivity index (χ1) is 14.4. The number of aromatic nitrogens is 2. The lowest BCUT2D eigenvalue weighted by Gasteiger charge is -2.28. The van der Waals surface area contributed by atoms with Crippen molar-refractivity contribution in [2.75, 3.05) is 11.9 Å². The second kappa shape index (κ2) is 8.38. The molecule has 30 heavy (non-hydrogen) atoms. The molecule has 0 saturated carbocycles. The number of rotatable bonds is 3. The molecule has 0 aliphatic carbocycles. The van der Waals surface area contributed by atoms with Gasteiger partial charge in [-0.25, -0.2) is 14.4 Å². The highest BCUT2D eigenvalue weighted by Crippen LogP contribution is 2.25. The largest absolute Gasteiger partial charge is 0.334 e. The number of hydrogen-bond acceptors (Lipinski definition) is 4. The van der Waals surface area contributed by atoms with E-state index in [1.807, 2.05) is 0 Å². The summed E-state index contributed by atoms with van der Waals surface area (Å²) in [7, 11) is 0. The van der Waals surface area contributed by atoms with Crippen LogP contribution in [-0.2, 0) is 13.0 Å². The van der Waals surface area contributed by atoms with Crippen molar-refractivity contribution in [3.05, 3.63) is 86.9 Å². The lowest BCUT2D eigenvalue weighted by atomic mass is 10.1. The van der Waals surface area contributed by atoms with Crippen molar-refractivity contribution in [3.63, 3.8) is 0 Å². The summed E-state index contributed by atoms with van der Waals surface area (Å²) in [5, 5.41) is 3.21. The predicted octanol–water partition coefficient (Wildman–Crippen LogP) is 4.37. The van der Waals surface area contributed by atoms with Gasteiger partial charge in [-0.05, 0) is 30.3 Å². The average Bonchev–Trinajstić information content (AvgIpc) is 2.75. The number of fused-ring (bicyclic) bond motifs is 1. The van der Waals surface area contributed by atoms with Crippen LogP contribution < -0.4 is 5.32 Å². The predicted molar refractivity (Wildman–Crippen MR) is 111 cm³/mol. The van der Waals surface area contributed by atoms with Gasteiger partial charge in [-0.2, -0.15) is 0 Å². The summed E-state index contributed by atoms with van der Waals surface area (Å²) in [6.07, 6.45) is 2.06. The van der Waals surface area contributed by atoms with Crippen molar-refractivity contribution in [1.29, 1.82) is 0 Å². The van der Waals surface area contributed by atoms with E-state index in [1.165, 1.54) is 18.2 Å². The minimum absolute atomic E-state index is 0.0859. The van der Waals surface area contributed by atoms with E-state index in [1.54, 1.807) is 35.4 Å². The Balaban J connectivity index is 1.48. The van der Waals surface area contributed by atoms with Crippen LogP contribution >= 0.6 is 23.2 Å². The molecule has 1 aliphatic heterocycles. The molecule has 1 N–H and O–H groups in total. The van der Waals surface area contributed by atoms with Gasteiger partial charge in [-0.15, -0.1) is 0 Å². The van der Waals surface area contributed by atoms with E-state index in [9.17, 15) is 14.0 Å². The Morgan fingerprint density at radius 1 is 1.10 bits per heavy atom. The molecule has 2 amide bonds. The van der Waals surface area contributed by atoms with E-state index in [4.69, 9.17) is 23.2 Å². The second-order valence-electron chi connectivity index (χ2n) is 6.71. The monoisotopic (exact) mass is 444 g/mol. The van der Waals surface area contributed by atoms with E-state index < -0.39 is 11.7 Å². The van der Waals surface area contributed by atoms with Crippen molar-refractivity contribution in [1.82, 2.24) is 14.9 Å². The first-order valence-corrected chi connectivity index (χ1v) is 9.83. The molecule has 0 radical (unpaired) electrons. The van der Waals surface area contributed by atoms with Crippen LogP contribution in [0.1, 0.15) is 32.0 Å². The van der Waals surface area contributed by atoms with Gasteiger partial charge in [0.25, 0.3) is 11.8 Å². The summed E-state index contributed by atoms with van der Waals surface area (Å²) in [6.45, 7) is 0.778. The number of benzene rings is 2. The van der Waals surface area contributed by atoms with Crippen molar-refractivity contribution < 1.29 is 14.0 Å². The number of carbonyl (C=O) groups is 2. The zero-order valence-electron chi connectivity index (χ0n) is 15.5. The lowest BCUT2D eigenvalue weighted by Crippen LogP contribution is -2.36. The molecule has 6 nitrogen and oxygen atoms in total. The number of nitrogens with one attached hydrogen (secondary N) is 1. The third-order valence-corrected chi connectivity index (χ3v) is 5.47. The Labute approximate surface area is 181 Å². The molecule has 4 rings (SSSR count). The molecule has 0 saturated heterocycles. The standard InChI is InChI=1S/C21H15Cl2FN4O2/c22-15-6-5-12(9-16(15)23)20(30)28-8-7-18-13(11-28)10-25-21(26-18)27-19(29)14-3-1-2-4-17(14)24/h1-6,9-10H,7-8,11H2,(H,25,26,27,29). The van der Waals surface area contributed by atoms with E-state index in [-0.39, 0.29) is 17.4 Å². The smallest absolute Gasteiger partial charge is 0.260 e. The fourth-order valence-electron chi connectivity index (χ4n) is 3.18. The van der Waals surface area contributed by atoms with Gasteiger partial charge in [0.2, 0.25) is 5.95 Å². The molecule has 1 aromatic heterocycles. The summed E-state index contributed by atoms with van der Waals surface area (Å²) < 4.78 is 13.8. The summed E-state index contributed by atoms with van der Waals surface area (Å²) in [5.41, 5.74) is 1.87. The van der Waals surface area contributed by atoms with Crippen molar-refractivity contribution >= 4 is 41.0 Å². The molecule has 1 aliphatic rings. The number of hydrogen-bond donors (Lipinski definition) is 1. The molecule has 2 aromatic carbocycles. The van der Waals surface area contributed by atoms with Crippen molar-refractivity contribution in [2.24, 2.45) is 0 Å². The first kappa shape index (κ1) is 20.3. The number of halogens is 3. The van der Waals surface area contributed by atoms with Gasteiger partial charge >= 0.3 is 0 Å². The Kier molecular flexibility index (Phi) is 5.65. The quantitative estimate of drug-likeness (QED) is 0.650. The highest BCUT2D eigenvalue weighted by Gasteiger charge is 2.24. The van der Waals surface area contributed by atoms with E-state index >= 15 is 0 Å². The lowest BCUT2D eigenvalue weighted by molar-refractivity contribution is 0.0733. The topological polar surface area (TPSA) is 75.2 Å².